The number of benzene rings is 1. The standard InChI is InChI=1S/C29H32N2O/c1-13-9-21(32)10-14(2)22(13)27(28-25-19-7-5-17(11-19)23(25)15(3)30-28)29-26-20-8-6-18(12-20)24(26)16(4)31-29/h9-10,17-20,30,32H,5-8,11-12H2,1-4H3/b29-27-. The summed E-state index contributed by atoms with van der Waals surface area (Å²) >= 11 is 0. The quantitative estimate of drug-likeness (QED) is 0.537. The molecule has 4 bridgehead atoms. The van der Waals surface area contributed by atoms with Gasteiger partial charge in [-0.3, -0.25) is 4.99 Å². The Balaban J connectivity index is 1.57. The second kappa shape index (κ2) is 6.27. The van der Waals surface area contributed by atoms with Crippen LogP contribution in [0.4, 0.5) is 0 Å². The van der Waals surface area contributed by atoms with Crippen molar-refractivity contribution in [3.8, 4) is 5.75 Å². The van der Waals surface area contributed by atoms with Crippen LogP contribution in [0.3, 0.4) is 0 Å². The van der Waals surface area contributed by atoms with E-state index in [4.69, 9.17) is 4.99 Å². The molecule has 32 heavy (non-hydrogen) atoms. The number of H-pyrrole nitrogens is 1. The normalized spacial score (nSPS) is 30.9. The molecule has 3 heteroatoms. The van der Waals surface area contributed by atoms with Gasteiger partial charge < -0.3 is 10.1 Å². The van der Waals surface area contributed by atoms with Gasteiger partial charge in [0.2, 0.25) is 0 Å². The summed E-state index contributed by atoms with van der Waals surface area (Å²) in [6.45, 7) is 8.79. The highest BCUT2D eigenvalue weighted by Gasteiger charge is 2.46. The number of hydrogen-bond acceptors (Lipinski definition) is 2. The molecule has 0 saturated heterocycles. The van der Waals surface area contributed by atoms with Gasteiger partial charge in [-0.2, -0.15) is 0 Å². The van der Waals surface area contributed by atoms with E-state index in [0.29, 0.717) is 23.5 Å². The summed E-state index contributed by atoms with van der Waals surface area (Å²) < 4.78 is 0. The maximum absolute atomic E-state index is 10.3. The first-order valence-electron chi connectivity index (χ1n) is 12.5. The van der Waals surface area contributed by atoms with Crippen LogP contribution in [-0.2, 0) is 0 Å². The van der Waals surface area contributed by atoms with Crippen LogP contribution in [0.5, 0.6) is 5.75 Å². The number of aryl methyl sites for hydroxylation is 3. The molecule has 4 unspecified atom stereocenters. The van der Waals surface area contributed by atoms with Crippen LogP contribution in [0.25, 0.3) is 5.57 Å². The summed E-state index contributed by atoms with van der Waals surface area (Å²) in [6.07, 6.45) is 7.94. The molecule has 0 amide bonds. The third kappa shape index (κ3) is 2.30. The van der Waals surface area contributed by atoms with Crippen LogP contribution in [0.1, 0.15) is 96.5 Å². The Hall–Kier alpha value is -2.55. The van der Waals surface area contributed by atoms with E-state index in [1.165, 1.54) is 72.5 Å². The molecule has 4 atom stereocenters. The molecule has 2 heterocycles. The van der Waals surface area contributed by atoms with Gasteiger partial charge in [-0.15, -0.1) is 0 Å². The van der Waals surface area contributed by atoms with Crippen molar-refractivity contribution >= 4 is 11.3 Å². The summed E-state index contributed by atoms with van der Waals surface area (Å²) in [5.74, 6) is 3.15. The van der Waals surface area contributed by atoms with Crippen molar-refractivity contribution in [3.63, 3.8) is 0 Å². The minimum Gasteiger partial charge on any atom is -0.508 e. The monoisotopic (exact) mass is 424 g/mol. The minimum atomic E-state index is 0.353. The van der Waals surface area contributed by atoms with E-state index in [9.17, 15) is 5.11 Å². The van der Waals surface area contributed by atoms with Gasteiger partial charge >= 0.3 is 0 Å². The number of allylic oxidation sites excluding steroid dienone is 2. The summed E-state index contributed by atoms with van der Waals surface area (Å²) in [5.41, 5.74) is 16.3. The number of nitrogens with one attached hydrogen (secondary N) is 1. The number of hydrogen-bond donors (Lipinski definition) is 2. The average molecular weight is 425 g/mol. The number of fused-ring (bicyclic) bond motifs is 9. The fourth-order valence-corrected chi connectivity index (χ4v) is 8.24. The number of rotatable bonds is 2. The van der Waals surface area contributed by atoms with Gasteiger partial charge in [-0.25, -0.2) is 0 Å². The van der Waals surface area contributed by atoms with Crippen LogP contribution in [0.15, 0.2) is 34.0 Å². The van der Waals surface area contributed by atoms with Crippen LogP contribution >= 0.6 is 0 Å². The highest BCUT2D eigenvalue weighted by molar-refractivity contribution is 6.07. The number of aromatic hydroxyl groups is 1. The van der Waals surface area contributed by atoms with Crippen molar-refractivity contribution in [3.05, 3.63) is 68.2 Å². The number of aromatic nitrogens is 1. The van der Waals surface area contributed by atoms with Crippen molar-refractivity contribution < 1.29 is 5.11 Å². The fraction of sp³-hybridized carbons (Fsp3) is 0.483. The van der Waals surface area contributed by atoms with E-state index in [2.05, 4.69) is 32.7 Å². The van der Waals surface area contributed by atoms with Crippen molar-refractivity contribution in [1.82, 2.24) is 4.98 Å². The molecule has 164 valence electrons. The van der Waals surface area contributed by atoms with E-state index in [0.717, 1.165) is 17.0 Å². The van der Waals surface area contributed by atoms with Crippen LogP contribution in [-0.4, -0.2) is 15.8 Å². The Morgan fingerprint density at radius 3 is 2.16 bits per heavy atom. The summed E-state index contributed by atoms with van der Waals surface area (Å²) in [7, 11) is 0. The van der Waals surface area contributed by atoms with Gasteiger partial charge in [0.15, 0.2) is 0 Å². The first kappa shape index (κ1) is 19.0. The summed E-state index contributed by atoms with van der Waals surface area (Å²) in [4.78, 5) is 9.20. The predicted molar refractivity (Wildman–Crippen MR) is 129 cm³/mol. The molecule has 0 radical (unpaired) electrons. The summed E-state index contributed by atoms with van der Waals surface area (Å²) in [5, 5.41) is 10.3. The molecule has 2 aromatic rings. The van der Waals surface area contributed by atoms with E-state index in [-0.39, 0.29) is 0 Å². The van der Waals surface area contributed by atoms with Crippen molar-refractivity contribution in [2.75, 3.05) is 0 Å². The fourth-order valence-electron chi connectivity index (χ4n) is 8.24. The Morgan fingerprint density at radius 2 is 1.44 bits per heavy atom. The third-order valence-corrected chi connectivity index (χ3v) is 9.24. The molecule has 5 aliphatic rings. The van der Waals surface area contributed by atoms with Crippen molar-refractivity contribution in [2.45, 2.75) is 78.1 Å². The molecular formula is C29H32N2O. The SMILES string of the molecule is CC1=N/C(=C(\c2[nH]c(C)c3c2C2CCC3C2)c2c(C)cc(O)cc2C)C2=C1C1CCC2C1. The lowest BCUT2D eigenvalue weighted by Crippen LogP contribution is -2.07. The Bertz CT molecular complexity index is 1280. The zero-order valence-corrected chi connectivity index (χ0v) is 19.6. The Labute approximate surface area is 190 Å². The molecule has 0 spiro atoms. The maximum Gasteiger partial charge on any atom is 0.116 e. The second-order valence-corrected chi connectivity index (χ2v) is 11.1. The Morgan fingerprint density at radius 1 is 0.844 bits per heavy atom. The van der Waals surface area contributed by atoms with E-state index >= 15 is 0 Å². The first-order chi connectivity index (χ1) is 15.4. The highest BCUT2D eigenvalue weighted by Crippen LogP contribution is 2.59. The third-order valence-electron chi connectivity index (χ3n) is 9.24. The molecule has 1 aliphatic heterocycles. The van der Waals surface area contributed by atoms with Crippen LogP contribution in [0.2, 0.25) is 0 Å². The highest BCUT2D eigenvalue weighted by atomic mass is 16.3. The zero-order valence-electron chi connectivity index (χ0n) is 19.6. The number of aliphatic imine (C=N–C) groups is 1. The van der Waals surface area contributed by atoms with E-state index in [1.807, 2.05) is 12.1 Å². The van der Waals surface area contributed by atoms with Gasteiger partial charge in [0.05, 0.1) is 11.4 Å². The average Bonchev–Trinajstić information content (AvgIpc) is 3.55. The zero-order chi connectivity index (χ0) is 21.9. The lowest BCUT2D eigenvalue weighted by molar-refractivity contribution is 0.474. The molecule has 1 aromatic heterocycles. The second-order valence-electron chi connectivity index (χ2n) is 11.1. The molecule has 3 nitrogen and oxygen atoms in total. The first-order valence-corrected chi connectivity index (χ1v) is 12.5. The van der Waals surface area contributed by atoms with E-state index < -0.39 is 0 Å². The molecule has 2 N–H and O–H groups in total. The van der Waals surface area contributed by atoms with Crippen molar-refractivity contribution in [1.29, 1.82) is 0 Å². The number of phenols is 1. The van der Waals surface area contributed by atoms with Crippen LogP contribution < -0.4 is 0 Å². The largest absolute Gasteiger partial charge is 0.508 e. The Kier molecular flexibility index (Phi) is 3.72. The van der Waals surface area contributed by atoms with Gasteiger partial charge in [-0.05, 0) is 141 Å². The number of phenolic OH excluding ortho intramolecular Hbond substituents is 1. The molecule has 4 aliphatic carbocycles. The van der Waals surface area contributed by atoms with E-state index in [1.54, 1.807) is 22.3 Å². The van der Waals surface area contributed by atoms with Gasteiger partial charge in [-0.1, -0.05) is 0 Å². The van der Waals surface area contributed by atoms with Gasteiger partial charge in [0.25, 0.3) is 0 Å². The lowest BCUT2D eigenvalue weighted by Gasteiger charge is -2.22. The molecule has 7 rings (SSSR count). The van der Waals surface area contributed by atoms with Crippen molar-refractivity contribution in [2.24, 2.45) is 16.8 Å². The topological polar surface area (TPSA) is 48.4 Å². The van der Waals surface area contributed by atoms with Gasteiger partial charge in [0, 0.05) is 17.0 Å². The summed E-state index contributed by atoms with van der Waals surface area (Å²) in [6, 6.07) is 3.85. The minimum absolute atomic E-state index is 0.353. The molecule has 1 aromatic carbocycles. The molecular weight excluding hydrogens is 392 g/mol. The van der Waals surface area contributed by atoms with Gasteiger partial charge in [0.1, 0.15) is 5.75 Å². The lowest BCUT2D eigenvalue weighted by atomic mass is 9.82. The molecule has 2 saturated carbocycles. The number of nitrogens with zero attached hydrogens (tertiary/aromatic N) is 1. The van der Waals surface area contributed by atoms with Crippen LogP contribution in [0, 0.1) is 32.6 Å². The maximum atomic E-state index is 10.3. The number of aromatic amines is 1. The smallest absolute Gasteiger partial charge is 0.116 e. The molecule has 2 fully saturated rings. The predicted octanol–water partition coefficient (Wildman–Crippen LogP) is 6.97.